The van der Waals surface area contributed by atoms with Gasteiger partial charge in [-0.3, -0.25) is 9.42 Å². The zero-order valence-corrected chi connectivity index (χ0v) is 15.6. The van der Waals surface area contributed by atoms with E-state index in [0.717, 1.165) is 5.56 Å². The van der Waals surface area contributed by atoms with Gasteiger partial charge in [-0.1, -0.05) is 30.3 Å². The van der Waals surface area contributed by atoms with Gasteiger partial charge in [-0.25, -0.2) is 14.2 Å². The van der Waals surface area contributed by atoms with Crippen molar-refractivity contribution in [2.24, 2.45) is 0 Å². The number of amides is 1. The van der Waals surface area contributed by atoms with Crippen LogP contribution in [0.25, 0.3) is 0 Å². The first kappa shape index (κ1) is 21.2. The maximum atomic E-state index is 12.2. The molecule has 0 bridgehead atoms. The number of rotatable bonds is 7. The molecule has 1 aromatic rings. The van der Waals surface area contributed by atoms with Gasteiger partial charge in [0.1, 0.15) is 11.6 Å². The summed E-state index contributed by atoms with van der Waals surface area (Å²) < 4.78 is 25.8. The van der Waals surface area contributed by atoms with Crippen molar-refractivity contribution in [3.05, 3.63) is 35.9 Å². The molecule has 2 atom stereocenters. The van der Waals surface area contributed by atoms with Crippen molar-refractivity contribution in [3.8, 4) is 0 Å². The highest BCUT2D eigenvalue weighted by molar-refractivity contribution is 7.48. The third-order valence-electron chi connectivity index (χ3n) is 2.76. The summed E-state index contributed by atoms with van der Waals surface area (Å²) in [6, 6.07) is 7.62. The first-order valence-electron chi connectivity index (χ1n) is 7.76. The maximum Gasteiger partial charge on any atom is 0.529 e. The van der Waals surface area contributed by atoms with Crippen LogP contribution in [0, 0.1) is 0 Å². The van der Waals surface area contributed by atoms with E-state index in [1.807, 2.05) is 0 Å². The molecule has 0 spiro atoms. The quantitative estimate of drug-likeness (QED) is 0.707. The van der Waals surface area contributed by atoms with Gasteiger partial charge in [-0.15, -0.1) is 0 Å². The number of phosphoric acid groups is 1. The second kappa shape index (κ2) is 8.99. The highest BCUT2D eigenvalue weighted by Gasteiger charge is 2.32. The van der Waals surface area contributed by atoms with Crippen LogP contribution >= 0.6 is 7.82 Å². The summed E-state index contributed by atoms with van der Waals surface area (Å²) in [4.78, 5) is 33.7. The molecule has 0 aliphatic heterocycles. The van der Waals surface area contributed by atoms with Crippen LogP contribution in [0.5, 0.6) is 0 Å². The molecule has 9 heteroatoms. The van der Waals surface area contributed by atoms with Crippen molar-refractivity contribution in [1.29, 1.82) is 0 Å². The molecule has 140 valence electrons. The number of benzene rings is 1. The van der Waals surface area contributed by atoms with Crippen LogP contribution in [0.2, 0.25) is 0 Å². The van der Waals surface area contributed by atoms with E-state index in [1.54, 1.807) is 51.1 Å². The van der Waals surface area contributed by atoms with Crippen LogP contribution in [0.15, 0.2) is 30.3 Å². The average molecular weight is 373 g/mol. The van der Waals surface area contributed by atoms with Gasteiger partial charge in [0.15, 0.2) is 0 Å². The molecule has 0 fully saturated rings. The van der Waals surface area contributed by atoms with Crippen molar-refractivity contribution < 1.29 is 32.8 Å². The number of alkyl carbamates (subject to hydrolysis) is 1. The Morgan fingerprint density at radius 2 is 1.84 bits per heavy atom. The molecule has 0 heterocycles. The summed E-state index contributed by atoms with van der Waals surface area (Å²) in [6.07, 6.45) is -0.778. The van der Waals surface area contributed by atoms with Crippen molar-refractivity contribution in [1.82, 2.24) is 5.32 Å². The number of phosphoric ester groups is 1. The van der Waals surface area contributed by atoms with Crippen molar-refractivity contribution in [2.75, 3.05) is 6.61 Å². The Bertz CT molecular complexity index is 627. The molecular weight excluding hydrogens is 349 g/mol. The molecule has 1 amide bonds. The molecule has 2 N–H and O–H groups in total. The highest BCUT2D eigenvalue weighted by Crippen LogP contribution is 2.43. The lowest BCUT2D eigenvalue weighted by Crippen LogP contribution is -2.45. The van der Waals surface area contributed by atoms with Crippen molar-refractivity contribution in [3.63, 3.8) is 0 Å². The van der Waals surface area contributed by atoms with Gasteiger partial charge < -0.3 is 14.6 Å². The first-order valence-corrected chi connectivity index (χ1v) is 9.26. The molecule has 1 unspecified atom stereocenters. The minimum absolute atomic E-state index is 0.0606. The minimum Gasteiger partial charge on any atom is -0.444 e. The van der Waals surface area contributed by atoms with E-state index >= 15 is 0 Å². The van der Waals surface area contributed by atoms with Gasteiger partial charge in [0.2, 0.25) is 0 Å². The lowest BCUT2D eigenvalue weighted by Gasteiger charge is -2.23. The Morgan fingerprint density at radius 3 is 2.36 bits per heavy atom. The smallest absolute Gasteiger partial charge is 0.444 e. The number of hydrogen-bond acceptors (Lipinski definition) is 6. The SMILES string of the molecule is CCOP(=O)(O)OC(=O)[C@H](Cc1ccccc1)NC(=O)OC(C)(C)C. The number of carbonyl (C=O) groups excluding carboxylic acids is 2. The fourth-order valence-electron chi connectivity index (χ4n) is 1.86. The van der Waals surface area contributed by atoms with Gasteiger partial charge in [0.05, 0.1) is 6.61 Å². The third kappa shape index (κ3) is 8.67. The topological polar surface area (TPSA) is 111 Å². The number of nitrogens with one attached hydrogen (secondary N) is 1. The molecule has 1 aromatic carbocycles. The maximum absolute atomic E-state index is 12.2. The van der Waals surface area contributed by atoms with Gasteiger partial charge in [-0.05, 0) is 33.3 Å². The van der Waals surface area contributed by atoms with Crippen LogP contribution in [0.4, 0.5) is 4.79 Å². The van der Waals surface area contributed by atoms with E-state index in [4.69, 9.17) is 4.74 Å². The molecule has 1 rings (SSSR count). The van der Waals surface area contributed by atoms with Gasteiger partial charge in [0.25, 0.3) is 0 Å². The van der Waals surface area contributed by atoms with E-state index in [2.05, 4.69) is 14.4 Å². The molecule has 0 aromatic heterocycles. The van der Waals surface area contributed by atoms with E-state index in [1.165, 1.54) is 6.92 Å². The monoisotopic (exact) mass is 373 g/mol. The Balaban J connectivity index is 2.88. The van der Waals surface area contributed by atoms with Crippen LogP contribution in [0.1, 0.15) is 33.3 Å². The van der Waals surface area contributed by atoms with E-state index < -0.39 is 31.5 Å². The predicted octanol–water partition coefficient (Wildman–Crippen LogP) is 2.80. The van der Waals surface area contributed by atoms with Crippen molar-refractivity contribution >= 4 is 19.9 Å². The fourth-order valence-corrected chi connectivity index (χ4v) is 2.59. The largest absolute Gasteiger partial charge is 0.529 e. The summed E-state index contributed by atoms with van der Waals surface area (Å²) in [6.45, 7) is 6.40. The standard InChI is InChI=1S/C16H24NO7P/c1-5-22-25(20,21)24-14(18)13(11-12-9-7-6-8-10-12)17-15(19)23-16(2,3)4/h6-10,13H,5,11H2,1-4H3,(H,17,19)(H,20,21)/t13-/m0/s1. The molecular formula is C16H24NO7P. The van der Waals surface area contributed by atoms with Crippen molar-refractivity contribution in [2.45, 2.75) is 45.8 Å². The average Bonchev–Trinajstić information content (AvgIpc) is 2.45. The molecule has 8 nitrogen and oxygen atoms in total. The minimum atomic E-state index is -4.53. The summed E-state index contributed by atoms with van der Waals surface area (Å²) in [5, 5.41) is 2.36. The van der Waals surface area contributed by atoms with Gasteiger partial charge in [0, 0.05) is 6.42 Å². The molecule has 25 heavy (non-hydrogen) atoms. The van der Waals surface area contributed by atoms with Gasteiger partial charge >= 0.3 is 19.9 Å². The first-order chi connectivity index (χ1) is 11.5. The Kier molecular flexibility index (Phi) is 7.60. The summed E-state index contributed by atoms with van der Waals surface area (Å²) in [5.41, 5.74) is -0.0345. The lowest BCUT2D eigenvalue weighted by molar-refractivity contribution is -0.138. The lowest BCUT2D eigenvalue weighted by atomic mass is 10.1. The van der Waals surface area contributed by atoms with Gasteiger partial charge in [-0.2, -0.15) is 0 Å². The van der Waals surface area contributed by atoms with Crippen LogP contribution in [-0.4, -0.2) is 35.2 Å². The second-order valence-electron chi connectivity index (χ2n) is 6.19. The fraction of sp³-hybridized carbons (Fsp3) is 0.500. The Labute approximate surface area is 147 Å². The molecule has 0 saturated carbocycles. The number of ether oxygens (including phenoxy) is 1. The van der Waals surface area contributed by atoms with Crippen LogP contribution < -0.4 is 5.32 Å². The van der Waals surface area contributed by atoms with Crippen LogP contribution in [-0.2, 0) is 29.6 Å². The Morgan fingerprint density at radius 1 is 1.24 bits per heavy atom. The molecule has 0 aliphatic carbocycles. The summed E-state index contributed by atoms with van der Waals surface area (Å²) in [7, 11) is -4.53. The molecule has 0 radical (unpaired) electrons. The van der Waals surface area contributed by atoms with E-state index in [-0.39, 0.29) is 13.0 Å². The predicted molar refractivity (Wildman–Crippen MR) is 90.8 cm³/mol. The highest BCUT2D eigenvalue weighted by atomic mass is 31.2. The molecule has 0 saturated heterocycles. The summed E-state index contributed by atoms with van der Waals surface area (Å²) >= 11 is 0. The van der Waals surface area contributed by atoms with Crippen LogP contribution in [0.3, 0.4) is 0 Å². The third-order valence-corrected chi connectivity index (χ3v) is 3.75. The van der Waals surface area contributed by atoms with E-state index in [0.29, 0.717) is 0 Å². The zero-order chi connectivity index (χ0) is 19.1. The summed E-state index contributed by atoms with van der Waals surface area (Å²) in [5.74, 6) is -1.09. The van der Waals surface area contributed by atoms with E-state index in [9.17, 15) is 19.0 Å². The zero-order valence-electron chi connectivity index (χ0n) is 14.7. The molecule has 0 aliphatic rings. The second-order valence-corrected chi connectivity index (χ2v) is 7.56. The Hall–Kier alpha value is -1.89. The number of carbonyl (C=O) groups is 2. The number of hydrogen-bond donors (Lipinski definition) is 2. The normalized spacial score (nSPS) is 14.9.